The first-order valence-corrected chi connectivity index (χ1v) is 10.8. The molecule has 0 aromatic rings. The largest absolute Gasteiger partial charge is 0.376 e. The van der Waals surface area contributed by atoms with E-state index in [-0.39, 0.29) is 23.8 Å². The number of hydrogen-bond donors (Lipinski definition) is 2. The van der Waals surface area contributed by atoms with Crippen LogP contribution in [0.25, 0.3) is 0 Å². The Bertz CT molecular complexity index is 729. The van der Waals surface area contributed by atoms with Crippen LogP contribution in [0.15, 0.2) is 34.3 Å². The zero-order chi connectivity index (χ0) is 19.3. The number of fused-ring (bicyclic) bond motifs is 1. The normalized spacial score (nSPS) is 33.4. The molecule has 4 aliphatic rings. The maximum atomic E-state index is 12.4. The Morgan fingerprint density at radius 2 is 2.14 bits per heavy atom. The summed E-state index contributed by atoms with van der Waals surface area (Å²) in [6.45, 7) is 2.26. The maximum Gasteiger partial charge on any atom is 0.223 e. The van der Waals surface area contributed by atoms with E-state index in [0.29, 0.717) is 17.6 Å². The van der Waals surface area contributed by atoms with Crippen molar-refractivity contribution in [2.45, 2.75) is 44.6 Å². The second kappa shape index (κ2) is 9.09. The third-order valence-corrected chi connectivity index (χ3v) is 6.22. The van der Waals surface area contributed by atoms with E-state index in [9.17, 15) is 4.79 Å². The van der Waals surface area contributed by atoms with Gasteiger partial charge in [0.2, 0.25) is 5.91 Å². The van der Waals surface area contributed by atoms with Crippen LogP contribution in [-0.2, 0) is 9.53 Å². The van der Waals surface area contributed by atoms with Crippen molar-refractivity contribution < 1.29 is 9.53 Å². The number of rotatable bonds is 5. The number of allylic oxidation sites excluding steroid dienone is 3. The molecule has 0 aromatic heterocycles. The number of aliphatic imine (C=N–C) groups is 2. The molecule has 2 fully saturated rings. The highest BCUT2D eigenvalue weighted by Crippen LogP contribution is 2.29. The van der Waals surface area contributed by atoms with Crippen molar-refractivity contribution in [3.8, 4) is 0 Å². The Morgan fingerprint density at radius 1 is 1.29 bits per heavy atom. The molecule has 0 bridgehead atoms. The van der Waals surface area contributed by atoms with E-state index in [0.717, 1.165) is 63.2 Å². The fraction of sp³-hybridized carbons (Fsp3) is 0.619. The number of amidine groups is 1. The lowest BCUT2D eigenvalue weighted by Gasteiger charge is -2.28. The van der Waals surface area contributed by atoms with Crippen LogP contribution in [0.4, 0.5) is 0 Å². The number of nitrogens with one attached hydrogen (secondary N) is 2. The fourth-order valence-corrected chi connectivity index (χ4v) is 4.55. The predicted octanol–water partition coefficient (Wildman–Crippen LogP) is 2.56. The molecule has 2 aliphatic carbocycles. The molecule has 0 aromatic carbocycles. The van der Waals surface area contributed by atoms with Gasteiger partial charge in [0.15, 0.2) is 5.11 Å². The minimum absolute atomic E-state index is 0.0802. The van der Waals surface area contributed by atoms with Gasteiger partial charge in [-0.15, -0.1) is 0 Å². The van der Waals surface area contributed by atoms with E-state index in [2.05, 4.69) is 21.7 Å². The molecule has 2 N–H and O–H groups in total. The van der Waals surface area contributed by atoms with Gasteiger partial charge >= 0.3 is 0 Å². The Kier molecular flexibility index (Phi) is 6.32. The standard InChI is InChI=1S/C21H28N4O2S/c26-20(23-13-16-4-3-11-27-16)15-9-7-14(8-10-15)12-22-19-17-5-1-2-6-18(17)24-21(28)25-19/h1-2,5-6,14-17H,3-4,7-13H2,(H,23,26)(H,22,25,28). The molecule has 1 amide bonds. The van der Waals surface area contributed by atoms with Gasteiger partial charge in [-0.25, -0.2) is 4.99 Å². The van der Waals surface area contributed by atoms with Gasteiger partial charge in [-0.05, 0) is 62.7 Å². The van der Waals surface area contributed by atoms with Crippen molar-refractivity contribution in [3.63, 3.8) is 0 Å². The van der Waals surface area contributed by atoms with Gasteiger partial charge in [0.25, 0.3) is 0 Å². The first kappa shape index (κ1) is 19.5. The van der Waals surface area contributed by atoms with E-state index in [1.165, 1.54) is 0 Å². The van der Waals surface area contributed by atoms with Crippen molar-refractivity contribution in [1.29, 1.82) is 0 Å². The number of carbonyl (C=O) groups is 1. The molecule has 6 nitrogen and oxygen atoms in total. The smallest absolute Gasteiger partial charge is 0.223 e. The molecule has 2 aliphatic heterocycles. The summed E-state index contributed by atoms with van der Waals surface area (Å²) >= 11 is 5.24. The molecular weight excluding hydrogens is 372 g/mol. The topological polar surface area (TPSA) is 75.1 Å². The summed E-state index contributed by atoms with van der Waals surface area (Å²) in [6, 6.07) is 0. The second-order valence-electron chi connectivity index (χ2n) is 8.01. The summed E-state index contributed by atoms with van der Waals surface area (Å²) in [4.78, 5) is 21.6. The molecule has 0 radical (unpaired) electrons. The Hall–Kier alpha value is -1.86. The lowest BCUT2D eigenvalue weighted by atomic mass is 9.81. The van der Waals surface area contributed by atoms with Gasteiger partial charge in [0.1, 0.15) is 5.84 Å². The van der Waals surface area contributed by atoms with Gasteiger partial charge in [0.05, 0.1) is 17.7 Å². The third kappa shape index (κ3) is 4.75. The SMILES string of the molecule is O=C(NCC1CCCO1)C1CCC(CN=C2NC(=S)N=C3C=CC=CC32)CC1. The van der Waals surface area contributed by atoms with E-state index in [1.54, 1.807) is 0 Å². The molecule has 7 heteroatoms. The first-order valence-electron chi connectivity index (χ1n) is 10.4. The number of ether oxygens (including phenoxy) is 1. The highest BCUT2D eigenvalue weighted by molar-refractivity contribution is 7.80. The zero-order valence-corrected chi connectivity index (χ0v) is 16.9. The monoisotopic (exact) mass is 400 g/mol. The van der Waals surface area contributed by atoms with Crippen molar-refractivity contribution >= 4 is 34.8 Å². The van der Waals surface area contributed by atoms with Crippen LogP contribution < -0.4 is 10.6 Å². The Balaban J connectivity index is 1.24. The van der Waals surface area contributed by atoms with Gasteiger partial charge in [-0.2, -0.15) is 0 Å². The molecular formula is C21H28N4O2S. The Labute approximate surface area is 171 Å². The quantitative estimate of drug-likeness (QED) is 0.696. The van der Waals surface area contributed by atoms with Gasteiger partial charge in [-0.3, -0.25) is 9.79 Å². The minimum atomic E-state index is 0.0802. The van der Waals surface area contributed by atoms with Crippen molar-refractivity contribution in [2.24, 2.45) is 27.7 Å². The molecule has 0 spiro atoms. The van der Waals surface area contributed by atoms with Gasteiger partial charge < -0.3 is 15.4 Å². The molecule has 1 saturated heterocycles. The van der Waals surface area contributed by atoms with Crippen molar-refractivity contribution in [3.05, 3.63) is 24.3 Å². The summed E-state index contributed by atoms with van der Waals surface area (Å²) in [5, 5.41) is 6.73. The molecule has 150 valence electrons. The lowest BCUT2D eigenvalue weighted by Crippen LogP contribution is -2.42. The molecule has 1 saturated carbocycles. The fourth-order valence-electron chi connectivity index (χ4n) is 4.34. The van der Waals surface area contributed by atoms with Crippen LogP contribution in [0.5, 0.6) is 0 Å². The van der Waals surface area contributed by atoms with Crippen LogP contribution in [0, 0.1) is 17.8 Å². The third-order valence-electron chi connectivity index (χ3n) is 6.03. The van der Waals surface area contributed by atoms with Gasteiger partial charge in [-0.1, -0.05) is 18.2 Å². The number of nitrogens with zero attached hydrogens (tertiary/aromatic N) is 2. The number of amides is 1. The lowest BCUT2D eigenvalue weighted by molar-refractivity contribution is -0.126. The first-order chi connectivity index (χ1) is 13.7. The van der Waals surface area contributed by atoms with E-state index < -0.39 is 0 Å². The average Bonchev–Trinajstić information content (AvgIpc) is 3.24. The molecule has 28 heavy (non-hydrogen) atoms. The van der Waals surface area contributed by atoms with Crippen molar-refractivity contribution in [2.75, 3.05) is 19.7 Å². The highest BCUT2D eigenvalue weighted by Gasteiger charge is 2.28. The molecule has 2 unspecified atom stereocenters. The van der Waals surface area contributed by atoms with Gasteiger partial charge in [0, 0.05) is 25.6 Å². The van der Waals surface area contributed by atoms with Crippen LogP contribution >= 0.6 is 12.2 Å². The number of hydrogen-bond acceptors (Lipinski definition) is 4. The van der Waals surface area contributed by atoms with Crippen LogP contribution in [-0.4, -0.2) is 48.4 Å². The summed E-state index contributed by atoms with van der Waals surface area (Å²) in [6.07, 6.45) is 14.4. The molecule has 2 atom stereocenters. The molecule has 2 heterocycles. The number of carbonyl (C=O) groups excluding carboxylic acids is 1. The zero-order valence-electron chi connectivity index (χ0n) is 16.1. The average molecular weight is 401 g/mol. The maximum absolute atomic E-state index is 12.4. The van der Waals surface area contributed by atoms with Crippen molar-refractivity contribution in [1.82, 2.24) is 10.6 Å². The predicted molar refractivity (Wildman–Crippen MR) is 115 cm³/mol. The van der Waals surface area contributed by atoms with E-state index >= 15 is 0 Å². The number of thiocarbonyl (C=S) groups is 1. The van der Waals surface area contributed by atoms with E-state index in [4.69, 9.17) is 21.9 Å². The van der Waals surface area contributed by atoms with Crippen LogP contribution in [0.1, 0.15) is 38.5 Å². The summed E-state index contributed by atoms with van der Waals surface area (Å²) in [7, 11) is 0. The van der Waals surface area contributed by atoms with Crippen LogP contribution in [0.3, 0.4) is 0 Å². The van der Waals surface area contributed by atoms with Crippen LogP contribution in [0.2, 0.25) is 0 Å². The highest BCUT2D eigenvalue weighted by atomic mass is 32.1. The summed E-state index contributed by atoms with van der Waals surface area (Å²) in [5.41, 5.74) is 0.955. The summed E-state index contributed by atoms with van der Waals surface area (Å²) < 4.78 is 5.58. The Morgan fingerprint density at radius 3 is 2.93 bits per heavy atom. The minimum Gasteiger partial charge on any atom is -0.376 e. The molecule has 4 rings (SSSR count). The van der Waals surface area contributed by atoms with E-state index in [1.807, 2.05) is 18.2 Å². The second-order valence-corrected chi connectivity index (χ2v) is 8.40. The summed E-state index contributed by atoms with van der Waals surface area (Å²) in [5.74, 6) is 1.83.